The molecule has 1 aliphatic rings. The summed E-state index contributed by atoms with van der Waals surface area (Å²) < 4.78 is 0. The van der Waals surface area contributed by atoms with E-state index in [1.165, 1.54) is 0 Å². The zero-order valence-corrected chi connectivity index (χ0v) is 11.1. The number of piperidine rings is 1. The van der Waals surface area contributed by atoms with Crippen molar-refractivity contribution < 1.29 is 15.0 Å². The first-order valence-corrected chi connectivity index (χ1v) is 6.86. The molecule has 2 N–H and O–H groups in total. The van der Waals surface area contributed by atoms with Gasteiger partial charge in [-0.05, 0) is 37.8 Å². The van der Waals surface area contributed by atoms with Crippen LogP contribution in [0.1, 0.15) is 31.2 Å². The number of nitrogens with zero attached hydrogens (tertiary/aromatic N) is 1. The molecule has 1 fully saturated rings. The quantitative estimate of drug-likeness (QED) is 0.856. The van der Waals surface area contributed by atoms with E-state index in [2.05, 4.69) is 4.90 Å². The number of hydrogen-bond acceptors (Lipinski definition) is 3. The SMILES string of the molecule is O=C(O)CCC1CCCN(Cc2ccccc2O)C1. The third-order valence-electron chi connectivity index (χ3n) is 3.76. The van der Waals surface area contributed by atoms with E-state index in [4.69, 9.17) is 5.11 Å². The first kappa shape index (κ1) is 13.9. The highest BCUT2D eigenvalue weighted by Crippen LogP contribution is 2.24. The van der Waals surface area contributed by atoms with Gasteiger partial charge < -0.3 is 10.2 Å². The van der Waals surface area contributed by atoms with Gasteiger partial charge in [-0.2, -0.15) is 0 Å². The van der Waals surface area contributed by atoms with Gasteiger partial charge in [-0.3, -0.25) is 9.69 Å². The standard InChI is InChI=1S/C15H21NO3/c17-14-6-2-1-5-13(14)11-16-9-3-4-12(10-16)7-8-15(18)19/h1-2,5-6,12,17H,3-4,7-11H2,(H,18,19). The topological polar surface area (TPSA) is 60.8 Å². The van der Waals surface area contributed by atoms with E-state index in [0.717, 1.165) is 44.5 Å². The highest BCUT2D eigenvalue weighted by molar-refractivity contribution is 5.66. The summed E-state index contributed by atoms with van der Waals surface area (Å²) in [5.74, 6) is 0.101. The van der Waals surface area contributed by atoms with Crippen LogP contribution in [0.3, 0.4) is 0 Å². The lowest BCUT2D eigenvalue weighted by Gasteiger charge is -2.32. The van der Waals surface area contributed by atoms with Crippen LogP contribution in [-0.4, -0.2) is 34.2 Å². The molecule has 104 valence electrons. The second-order valence-corrected chi connectivity index (χ2v) is 5.30. The minimum atomic E-state index is -0.710. The van der Waals surface area contributed by atoms with E-state index in [9.17, 15) is 9.90 Å². The van der Waals surface area contributed by atoms with Crippen LogP contribution in [0.2, 0.25) is 0 Å². The molecule has 0 spiro atoms. The molecule has 1 saturated heterocycles. The lowest BCUT2D eigenvalue weighted by molar-refractivity contribution is -0.137. The predicted octanol–water partition coefficient (Wildman–Crippen LogP) is 2.47. The molecule has 19 heavy (non-hydrogen) atoms. The molecule has 1 aromatic carbocycles. The van der Waals surface area contributed by atoms with Gasteiger partial charge in [0.1, 0.15) is 5.75 Å². The van der Waals surface area contributed by atoms with Crippen molar-refractivity contribution in [2.24, 2.45) is 5.92 Å². The van der Waals surface area contributed by atoms with Crippen LogP contribution in [-0.2, 0) is 11.3 Å². The van der Waals surface area contributed by atoms with Crippen molar-refractivity contribution in [1.82, 2.24) is 4.90 Å². The Balaban J connectivity index is 1.87. The fourth-order valence-electron chi connectivity index (χ4n) is 2.74. The van der Waals surface area contributed by atoms with Gasteiger partial charge in [0.2, 0.25) is 0 Å². The molecule has 4 nitrogen and oxygen atoms in total. The average Bonchev–Trinajstić information content (AvgIpc) is 2.40. The molecule has 0 bridgehead atoms. The van der Waals surface area contributed by atoms with Crippen molar-refractivity contribution in [3.63, 3.8) is 0 Å². The summed E-state index contributed by atoms with van der Waals surface area (Å²) in [6.45, 7) is 2.70. The zero-order chi connectivity index (χ0) is 13.7. The van der Waals surface area contributed by atoms with Crippen LogP contribution >= 0.6 is 0 Å². The third-order valence-corrected chi connectivity index (χ3v) is 3.76. The smallest absolute Gasteiger partial charge is 0.303 e. The zero-order valence-electron chi connectivity index (χ0n) is 11.1. The van der Waals surface area contributed by atoms with E-state index in [1.54, 1.807) is 6.07 Å². The number of carbonyl (C=O) groups is 1. The van der Waals surface area contributed by atoms with Crippen molar-refractivity contribution >= 4 is 5.97 Å². The Bertz CT molecular complexity index is 433. The van der Waals surface area contributed by atoms with Gasteiger partial charge in [-0.25, -0.2) is 0 Å². The molecule has 1 heterocycles. The molecule has 0 amide bonds. The number of aliphatic carboxylic acids is 1. The lowest BCUT2D eigenvalue weighted by Crippen LogP contribution is -2.35. The summed E-state index contributed by atoms with van der Waals surface area (Å²) in [7, 11) is 0. The molecule has 0 saturated carbocycles. The maximum absolute atomic E-state index is 10.6. The first-order chi connectivity index (χ1) is 9.15. The van der Waals surface area contributed by atoms with Gasteiger partial charge in [0, 0.05) is 25.1 Å². The van der Waals surface area contributed by atoms with Crippen LogP contribution in [0.4, 0.5) is 0 Å². The van der Waals surface area contributed by atoms with Crippen molar-refractivity contribution in [2.75, 3.05) is 13.1 Å². The van der Waals surface area contributed by atoms with Gasteiger partial charge >= 0.3 is 5.97 Å². The molecule has 1 unspecified atom stereocenters. The van der Waals surface area contributed by atoms with Crippen LogP contribution in [0.25, 0.3) is 0 Å². The molecule has 0 aromatic heterocycles. The number of rotatable bonds is 5. The van der Waals surface area contributed by atoms with Crippen molar-refractivity contribution in [1.29, 1.82) is 0 Å². The highest BCUT2D eigenvalue weighted by Gasteiger charge is 2.21. The summed E-state index contributed by atoms with van der Waals surface area (Å²) >= 11 is 0. The van der Waals surface area contributed by atoms with Crippen LogP contribution in [0, 0.1) is 5.92 Å². The molecule has 1 atom stereocenters. The molecular weight excluding hydrogens is 242 g/mol. The van der Waals surface area contributed by atoms with Gasteiger partial charge in [-0.15, -0.1) is 0 Å². The molecular formula is C15H21NO3. The number of phenols is 1. The van der Waals surface area contributed by atoms with E-state index < -0.39 is 5.97 Å². The van der Waals surface area contributed by atoms with E-state index in [-0.39, 0.29) is 6.42 Å². The van der Waals surface area contributed by atoms with E-state index in [0.29, 0.717) is 11.7 Å². The normalized spacial score (nSPS) is 20.3. The lowest BCUT2D eigenvalue weighted by atomic mass is 9.93. The van der Waals surface area contributed by atoms with E-state index in [1.807, 2.05) is 18.2 Å². The number of likely N-dealkylation sites (tertiary alicyclic amines) is 1. The van der Waals surface area contributed by atoms with Gasteiger partial charge in [0.25, 0.3) is 0 Å². The van der Waals surface area contributed by atoms with Crippen LogP contribution in [0.5, 0.6) is 5.75 Å². The second-order valence-electron chi connectivity index (χ2n) is 5.30. The summed E-state index contributed by atoms with van der Waals surface area (Å²) in [5, 5.41) is 18.5. The Morgan fingerprint density at radius 3 is 2.89 bits per heavy atom. The molecule has 2 rings (SSSR count). The minimum absolute atomic E-state index is 0.259. The van der Waals surface area contributed by atoms with Crippen molar-refractivity contribution in [3.8, 4) is 5.75 Å². The summed E-state index contributed by atoms with van der Waals surface area (Å²) in [4.78, 5) is 12.9. The minimum Gasteiger partial charge on any atom is -0.508 e. The number of benzene rings is 1. The largest absolute Gasteiger partial charge is 0.508 e. The maximum Gasteiger partial charge on any atom is 0.303 e. The summed E-state index contributed by atoms with van der Waals surface area (Å²) in [5.41, 5.74) is 0.946. The number of para-hydroxylation sites is 1. The summed E-state index contributed by atoms with van der Waals surface area (Å²) in [6.07, 6.45) is 3.24. The second kappa shape index (κ2) is 6.57. The van der Waals surface area contributed by atoms with Gasteiger partial charge in [-0.1, -0.05) is 18.2 Å². The van der Waals surface area contributed by atoms with Crippen molar-refractivity contribution in [2.45, 2.75) is 32.2 Å². The van der Waals surface area contributed by atoms with Gasteiger partial charge in [0.05, 0.1) is 0 Å². The van der Waals surface area contributed by atoms with E-state index >= 15 is 0 Å². The Morgan fingerprint density at radius 2 is 2.16 bits per heavy atom. The van der Waals surface area contributed by atoms with Crippen LogP contribution < -0.4 is 0 Å². The first-order valence-electron chi connectivity index (χ1n) is 6.86. The Kier molecular flexibility index (Phi) is 4.80. The molecule has 1 aliphatic heterocycles. The Hall–Kier alpha value is -1.55. The number of carboxylic acids is 1. The highest BCUT2D eigenvalue weighted by atomic mass is 16.4. The number of hydrogen-bond donors (Lipinski definition) is 2. The third kappa shape index (κ3) is 4.24. The predicted molar refractivity (Wildman–Crippen MR) is 73.0 cm³/mol. The van der Waals surface area contributed by atoms with Gasteiger partial charge in [0.15, 0.2) is 0 Å². The molecule has 4 heteroatoms. The fourth-order valence-corrected chi connectivity index (χ4v) is 2.74. The molecule has 0 radical (unpaired) electrons. The molecule has 1 aromatic rings. The number of aromatic hydroxyl groups is 1. The fraction of sp³-hybridized carbons (Fsp3) is 0.533. The van der Waals surface area contributed by atoms with Crippen LogP contribution in [0.15, 0.2) is 24.3 Å². The maximum atomic E-state index is 10.6. The number of phenolic OH excluding ortho intramolecular Hbond substituents is 1. The molecule has 0 aliphatic carbocycles. The number of carboxylic acid groups (broad SMARTS) is 1. The average molecular weight is 263 g/mol. The monoisotopic (exact) mass is 263 g/mol. The Morgan fingerprint density at radius 1 is 1.37 bits per heavy atom. The van der Waals surface area contributed by atoms with Crippen molar-refractivity contribution in [3.05, 3.63) is 29.8 Å². The summed E-state index contributed by atoms with van der Waals surface area (Å²) in [6, 6.07) is 7.41. The Labute approximate surface area is 113 Å².